The van der Waals surface area contributed by atoms with Crippen LogP contribution >= 0.6 is 0 Å². The highest BCUT2D eigenvalue weighted by molar-refractivity contribution is 5.89. The van der Waals surface area contributed by atoms with Gasteiger partial charge in [0.15, 0.2) is 6.10 Å². The first-order valence-electron chi connectivity index (χ1n) is 7.05. The van der Waals surface area contributed by atoms with Crippen LogP contribution in [0.1, 0.15) is 13.3 Å². The Balaban J connectivity index is 2.01. The molecule has 1 heterocycles. The lowest BCUT2D eigenvalue weighted by Crippen LogP contribution is -2.57. The Kier molecular flexibility index (Phi) is 5.05. The number of ether oxygens (including phenoxy) is 2. The average Bonchev–Trinajstić information content (AvgIpc) is 2.54. The average molecular weight is 322 g/mol. The van der Waals surface area contributed by atoms with Crippen LogP contribution in [0.2, 0.25) is 0 Å². The number of carbonyl (C=O) groups is 3. The van der Waals surface area contributed by atoms with Gasteiger partial charge in [0.1, 0.15) is 11.5 Å². The molecule has 0 bridgehead atoms. The molecule has 1 fully saturated rings. The van der Waals surface area contributed by atoms with Crippen LogP contribution < -0.4 is 10.2 Å². The fourth-order valence-electron chi connectivity index (χ4n) is 2.22. The summed E-state index contributed by atoms with van der Waals surface area (Å²) in [4.78, 5) is 35.6. The Morgan fingerprint density at radius 2 is 2.00 bits per heavy atom. The molecule has 2 N–H and O–H groups in total. The van der Waals surface area contributed by atoms with Crippen LogP contribution in [0.3, 0.4) is 0 Å². The predicted octanol–water partition coefficient (Wildman–Crippen LogP) is 0.212. The van der Waals surface area contributed by atoms with Crippen molar-refractivity contribution in [3.8, 4) is 11.5 Å². The van der Waals surface area contributed by atoms with E-state index in [2.05, 4.69) is 10.2 Å². The highest BCUT2D eigenvalue weighted by Crippen LogP contribution is 2.19. The molecule has 2 unspecified atom stereocenters. The van der Waals surface area contributed by atoms with Crippen LogP contribution in [-0.4, -0.2) is 47.7 Å². The van der Waals surface area contributed by atoms with E-state index in [9.17, 15) is 19.5 Å². The van der Waals surface area contributed by atoms with Crippen molar-refractivity contribution in [2.75, 3.05) is 13.7 Å². The van der Waals surface area contributed by atoms with Gasteiger partial charge in [-0.2, -0.15) is 0 Å². The molecule has 0 saturated carbocycles. The van der Waals surface area contributed by atoms with Gasteiger partial charge in [0.25, 0.3) is 5.91 Å². The third-order valence-electron chi connectivity index (χ3n) is 3.39. The number of hydrazine groups is 1. The number of phenolic OH excluding ortho intramolecular Hbond substituents is 1. The van der Waals surface area contributed by atoms with E-state index < -0.39 is 29.8 Å². The quantitative estimate of drug-likeness (QED) is 0.768. The summed E-state index contributed by atoms with van der Waals surface area (Å²) < 4.78 is 10.1. The molecule has 124 valence electrons. The maximum Gasteiger partial charge on any atom is 0.311 e. The first-order chi connectivity index (χ1) is 10.9. The highest BCUT2D eigenvalue weighted by Gasteiger charge is 2.35. The van der Waals surface area contributed by atoms with E-state index in [4.69, 9.17) is 4.74 Å². The second kappa shape index (κ2) is 6.99. The molecule has 1 aliphatic rings. The molecule has 1 aromatic rings. The fourth-order valence-corrected chi connectivity index (χ4v) is 2.22. The first kappa shape index (κ1) is 16.6. The lowest BCUT2D eigenvalue weighted by Gasteiger charge is -2.32. The van der Waals surface area contributed by atoms with Crippen LogP contribution in [-0.2, 0) is 19.1 Å². The van der Waals surface area contributed by atoms with Crippen LogP contribution in [0.15, 0.2) is 24.3 Å². The molecule has 1 aromatic carbocycles. The first-order valence-corrected chi connectivity index (χ1v) is 7.05. The van der Waals surface area contributed by atoms with Gasteiger partial charge in [-0.3, -0.25) is 19.8 Å². The molecule has 1 aliphatic heterocycles. The number of hydrogen-bond acceptors (Lipinski definition) is 6. The third kappa shape index (κ3) is 4.12. The Bertz CT molecular complexity index is 600. The number of carbonyl (C=O) groups excluding carboxylic acids is 3. The lowest BCUT2D eigenvalue weighted by atomic mass is 10.0. The Labute approximate surface area is 132 Å². The van der Waals surface area contributed by atoms with Crippen molar-refractivity contribution in [2.24, 2.45) is 5.92 Å². The number of esters is 1. The van der Waals surface area contributed by atoms with Gasteiger partial charge >= 0.3 is 5.97 Å². The molecule has 2 rings (SSSR count). The number of benzene rings is 1. The standard InChI is InChI=1S/C15H18N2O6/c1-9(23-12-5-3-11(18)4-6-12)14(20)17-8-10(15(21)22-2)7-13(19)16-17/h3-6,9-10,18H,7-8H2,1-2H3,(H,16,19). The number of nitrogens with one attached hydrogen (secondary N) is 1. The molecular weight excluding hydrogens is 304 g/mol. The van der Waals surface area contributed by atoms with E-state index in [1.807, 2.05) is 0 Å². The summed E-state index contributed by atoms with van der Waals surface area (Å²) >= 11 is 0. The summed E-state index contributed by atoms with van der Waals surface area (Å²) in [6.45, 7) is 1.56. The van der Waals surface area contributed by atoms with E-state index in [-0.39, 0.29) is 18.7 Å². The molecule has 8 nitrogen and oxygen atoms in total. The van der Waals surface area contributed by atoms with Crippen molar-refractivity contribution in [2.45, 2.75) is 19.4 Å². The fraction of sp³-hybridized carbons (Fsp3) is 0.400. The van der Waals surface area contributed by atoms with Crippen molar-refractivity contribution < 1.29 is 29.0 Å². The highest BCUT2D eigenvalue weighted by atomic mass is 16.5. The van der Waals surface area contributed by atoms with Crippen molar-refractivity contribution in [3.05, 3.63) is 24.3 Å². The topological polar surface area (TPSA) is 105 Å². The van der Waals surface area contributed by atoms with Gasteiger partial charge < -0.3 is 14.6 Å². The molecule has 0 aromatic heterocycles. The van der Waals surface area contributed by atoms with Crippen LogP contribution in [0, 0.1) is 5.92 Å². The largest absolute Gasteiger partial charge is 0.508 e. The summed E-state index contributed by atoms with van der Waals surface area (Å²) in [5.41, 5.74) is 2.42. The monoisotopic (exact) mass is 322 g/mol. The Hall–Kier alpha value is -2.77. The zero-order chi connectivity index (χ0) is 17.0. The van der Waals surface area contributed by atoms with Gasteiger partial charge in [0.2, 0.25) is 5.91 Å². The number of nitrogens with zero attached hydrogens (tertiary/aromatic N) is 1. The molecule has 23 heavy (non-hydrogen) atoms. The number of hydrogen-bond donors (Lipinski definition) is 2. The van der Waals surface area contributed by atoms with Gasteiger partial charge in [-0.05, 0) is 31.2 Å². The summed E-state index contributed by atoms with van der Waals surface area (Å²) in [5, 5.41) is 10.3. The van der Waals surface area contributed by atoms with Gasteiger partial charge in [-0.1, -0.05) is 0 Å². The zero-order valence-electron chi connectivity index (χ0n) is 12.8. The molecule has 8 heteroatoms. The van der Waals surface area contributed by atoms with Gasteiger partial charge in [-0.15, -0.1) is 0 Å². The minimum Gasteiger partial charge on any atom is -0.508 e. The molecule has 2 amide bonds. The SMILES string of the molecule is COC(=O)C1CC(=O)NN(C(=O)C(C)Oc2ccc(O)cc2)C1. The van der Waals surface area contributed by atoms with E-state index in [1.165, 1.54) is 38.3 Å². The van der Waals surface area contributed by atoms with Gasteiger partial charge in [-0.25, -0.2) is 5.01 Å². The van der Waals surface area contributed by atoms with Crippen molar-refractivity contribution in [1.82, 2.24) is 10.4 Å². The summed E-state index contributed by atoms with van der Waals surface area (Å²) in [5.74, 6) is -1.67. The van der Waals surface area contributed by atoms with Crippen LogP contribution in [0.5, 0.6) is 11.5 Å². The molecule has 0 radical (unpaired) electrons. The molecule has 2 atom stereocenters. The molecule has 0 spiro atoms. The van der Waals surface area contributed by atoms with Crippen LogP contribution in [0.25, 0.3) is 0 Å². The zero-order valence-corrected chi connectivity index (χ0v) is 12.8. The summed E-state index contributed by atoms with van der Waals surface area (Å²) in [6.07, 6.45) is -0.903. The predicted molar refractivity (Wildman–Crippen MR) is 78.2 cm³/mol. The van der Waals surface area contributed by atoms with E-state index in [1.54, 1.807) is 0 Å². The van der Waals surface area contributed by atoms with Crippen molar-refractivity contribution >= 4 is 17.8 Å². The van der Waals surface area contributed by atoms with Gasteiger partial charge in [0.05, 0.1) is 19.6 Å². The molecular formula is C15H18N2O6. The summed E-state index contributed by atoms with van der Waals surface area (Å²) in [7, 11) is 1.23. The number of aromatic hydroxyl groups is 1. The second-order valence-electron chi connectivity index (χ2n) is 5.16. The Morgan fingerprint density at radius 3 is 2.61 bits per heavy atom. The van der Waals surface area contributed by atoms with E-state index >= 15 is 0 Å². The van der Waals surface area contributed by atoms with Crippen LogP contribution in [0.4, 0.5) is 0 Å². The third-order valence-corrected chi connectivity index (χ3v) is 3.39. The normalized spacial score (nSPS) is 18.8. The Morgan fingerprint density at radius 1 is 1.35 bits per heavy atom. The minimum absolute atomic E-state index is 0.0242. The van der Waals surface area contributed by atoms with E-state index in [0.717, 1.165) is 5.01 Å². The molecule has 0 aliphatic carbocycles. The summed E-state index contributed by atoms with van der Waals surface area (Å²) in [6, 6.07) is 5.90. The van der Waals surface area contributed by atoms with E-state index in [0.29, 0.717) is 5.75 Å². The number of amides is 2. The number of rotatable bonds is 4. The maximum atomic E-state index is 12.4. The second-order valence-corrected chi connectivity index (χ2v) is 5.16. The maximum absolute atomic E-state index is 12.4. The smallest absolute Gasteiger partial charge is 0.311 e. The number of phenols is 1. The minimum atomic E-state index is -0.878. The van der Waals surface area contributed by atoms with Gasteiger partial charge in [0, 0.05) is 6.42 Å². The lowest BCUT2D eigenvalue weighted by molar-refractivity contribution is -0.159. The number of methoxy groups -OCH3 is 1. The van der Waals surface area contributed by atoms with Crippen molar-refractivity contribution in [3.63, 3.8) is 0 Å². The van der Waals surface area contributed by atoms with Crippen molar-refractivity contribution in [1.29, 1.82) is 0 Å². The molecule has 1 saturated heterocycles.